The number of rotatable bonds is 3. The van der Waals surface area contributed by atoms with E-state index in [-0.39, 0.29) is 5.82 Å². The zero-order chi connectivity index (χ0) is 12.3. The highest BCUT2D eigenvalue weighted by atomic mass is 79.9. The van der Waals surface area contributed by atoms with Gasteiger partial charge in [0.15, 0.2) is 0 Å². The fraction of sp³-hybridized carbons (Fsp3) is 0.538. The van der Waals surface area contributed by atoms with Crippen molar-refractivity contribution in [3.63, 3.8) is 0 Å². The van der Waals surface area contributed by atoms with Gasteiger partial charge >= 0.3 is 0 Å². The number of nitrogens with one attached hydrogen (secondary N) is 1. The van der Waals surface area contributed by atoms with E-state index in [9.17, 15) is 4.39 Å². The van der Waals surface area contributed by atoms with Crippen molar-refractivity contribution in [2.24, 2.45) is 5.92 Å². The second kappa shape index (κ2) is 5.83. The molecule has 17 heavy (non-hydrogen) atoms. The molecular weight excluding hydrogens is 285 g/mol. The van der Waals surface area contributed by atoms with Crippen LogP contribution in [0.15, 0.2) is 16.6 Å². The van der Waals surface area contributed by atoms with Crippen molar-refractivity contribution < 1.29 is 9.13 Å². The summed E-state index contributed by atoms with van der Waals surface area (Å²) in [5, 5.41) is 3.35. The Kier molecular flexibility index (Phi) is 4.40. The molecule has 0 aliphatic carbocycles. The van der Waals surface area contributed by atoms with Crippen molar-refractivity contribution in [2.75, 3.05) is 20.2 Å². The van der Waals surface area contributed by atoms with Crippen molar-refractivity contribution in [2.45, 2.75) is 19.3 Å². The van der Waals surface area contributed by atoms with E-state index in [1.807, 2.05) is 6.07 Å². The Labute approximate surface area is 110 Å². The van der Waals surface area contributed by atoms with Crippen LogP contribution in [0, 0.1) is 11.7 Å². The molecular formula is C13H17BrFNO. The van der Waals surface area contributed by atoms with E-state index >= 15 is 0 Å². The summed E-state index contributed by atoms with van der Waals surface area (Å²) in [6.07, 6.45) is 3.32. The van der Waals surface area contributed by atoms with Crippen molar-refractivity contribution in [3.8, 4) is 5.75 Å². The average Bonchev–Trinajstić information content (AvgIpc) is 2.36. The molecule has 2 nitrogen and oxygen atoms in total. The molecule has 0 bridgehead atoms. The van der Waals surface area contributed by atoms with E-state index in [1.54, 1.807) is 7.11 Å². The summed E-state index contributed by atoms with van der Waals surface area (Å²) in [6, 6.07) is 3.34. The molecule has 1 fully saturated rings. The fourth-order valence-electron chi connectivity index (χ4n) is 2.35. The number of methoxy groups -OCH3 is 1. The number of ether oxygens (including phenoxy) is 1. The molecule has 0 spiro atoms. The maximum absolute atomic E-state index is 13.4. The lowest BCUT2D eigenvalue weighted by Crippen LogP contribution is -2.28. The minimum Gasteiger partial charge on any atom is -0.495 e. The molecule has 0 aromatic heterocycles. The predicted molar refractivity (Wildman–Crippen MR) is 69.9 cm³/mol. The average molecular weight is 302 g/mol. The van der Waals surface area contributed by atoms with Gasteiger partial charge in [0.2, 0.25) is 0 Å². The first-order valence-corrected chi connectivity index (χ1v) is 6.73. The summed E-state index contributed by atoms with van der Waals surface area (Å²) >= 11 is 3.24. The van der Waals surface area contributed by atoms with Crippen LogP contribution in [0.3, 0.4) is 0 Å². The molecule has 0 radical (unpaired) electrons. The molecule has 2 rings (SSSR count). The van der Waals surface area contributed by atoms with Crippen LogP contribution in [0.4, 0.5) is 4.39 Å². The number of halogens is 2. The normalized spacial score (nSPS) is 17.1. The molecule has 0 amide bonds. The van der Waals surface area contributed by atoms with E-state index in [1.165, 1.54) is 18.9 Å². The van der Waals surface area contributed by atoms with Crippen LogP contribution in [0.25, 0.3) is 0 Å². The maximum atomic E-state index is 13.4. The molecule has 0 saturated carbocycles. The van der Waals surface area contributed by atoms with Gasteiger partial charge in [-0.25, -0.2) is 4.39 Å². The number of piperidine rings is 1. The van der Waals surface area contributed by atoms with Gasteiger partial charge in [-0.05, 0) is 65.8 Å². The van der Waals surface area contributed by atoms with Crippen LogP contribution in [0.5, 0.6) is 5.75 Å². The minimum absolute atomic E-state index is 0.268. The molecule has 1 aliphatic rings. The third-order valence-corrected chi connectivity index (χ3v) is 4.04. The molecule has 1 aromatic rings. The van der Waals surface area contributed by atoms with E-state index in [0.717, 1.165) is 25.1 Å². The van der Waals surface area contributed by atoms with Crippen LogP contribution in [0.2, 0.25) is 0 Å². The smallest absolute Gasteiger partial charge is 0.141 e. The van der Waals surface area contributed by atoms with Gasteiger partial charge in [-0.3, -0.25) is 0 Å². The first-order valence-electron chi connectivity index (χ1n) is 5.94. The van der Waals surface area contributed by atoms with Crippen molar-refractivity contribution in [3.05, 3.63) is 28.0 Å². The van der Waals surface area contributed by atoms with Crippen LogP contribution in [0.1, 0.15) is 18.4 Å². The maximum Gasteiger partial charge on any atom is 0.141 e. The molecule has 1 N–H and O–H groups in total. The molecule has 1 heterocycles. The number of benzene rings is 1. The summed E-state index contributed by atoms with van der Waals surface area (Å²) in [6.45, 7) is 2.16. The zero-order valence-electron chi connectivity index (χ0n) is 9.93. The largest absolute Gasteiger partial charge is 0.495 e. The quantitative estimate of drug-likeness (QED) is 0.926. The standard InChI is InChI=1S/C13H17BrFNO/c1-17-13-10(2-3-11(15)12(13)14)8-9-4-6-16-7-5-9/h2-3,9,16H,4-8H2,1H3. The lowest BCUT2D eigenvalue weighted by molar-refractivity contribution is 0.359. The Morgan fingerprint density at radius 1 is 1.41 bits per heavy atom. The second-order valence-electron chi connectivity index (χ2n) is 4.45. The highest BCUT2D eigenvalue weighted by molar-refractivity contribution is 9.10. The summed E-state index contributed by atoms with van der Waals surface area (Å²) in [5.74, 6) is 1.04. The van der Waals surface area contributed by atoms with E-state index in [2.05, 4.69) is 21.2 Å². The van der Waals surface area contributed by atoms with Crippen LogP contribution < -0.4 is 10.1 Å². The van der Waals surface area contributed by atoms with E-state index < -0.39 is 0 Å². The van der Waals surface area contributed by atoms with Gasteiger partial charge < -0.3 is 10.1 Å². The second-order valence-corrected chi connectivity index (χ2v) is 5.24. The molecule has 0 unspecified atom stereocenters. The first-order chi connectivity index (χ1) is 8.22. The van der Waals surface area contributed by atoms with E-state index in [0.29, 0.717) is 16.1 Å². The van der Waals surface area contributed by atoms with Crippen LogP contribution >= 0.6 is 15.9 Å². The Balaban J connectivity index is 2.17. The topological polar surface area (TPSA) is 21.3 Å². The van der Waals surface area contributed by atoms with Crippen molar-refractivity contribution >= 4 is 15.9 Å². The Morgan fingerprint density at radius 3 is 2.76 bits per heavy atom. The Hall–Kier alpha value is -0.610. The summed E-state index contributed by atoms with van der Waals surface area (Å²) in [4.78, 5) is 0. The Morgan fingerprint density at radius 2 is 2.12 bits per heavy atom. The molecule has 1 saturated heterocycles. The van der Waals surface area contributed by atoms with Crippen LogP contribution in [-0.4, -0.2) is 20.2 Å². The van der Waals surface area contributed by atoms with Gasteiger partial charge in [-0.15, -0.1) is 0 Å². The summed E-state index contributed by atoms with van der Waals surface area (Å²) < 4.78 is 19.1. The first kappa shape index (κ1) is 12.8. The molecule has 4 heteroatoms. The molecule has 1 aromatic carbocycles. The van der Waals surface area contributed by atoms with Gasteiger partial charge in [-0.1, -0.05) is 6.07 Å². The highest BCUT2D eigenvalue weighted by Gasteiger charge is 2.18. The van der Waals surface area contributed by atoms with Gasteiger partial charge in [0, 0.05) is 0 Å². The zero-order valence-corrected chi connectivity index (χ0v) is 11.5. The molecule has 0 atom stereocenters. The monoisotopic (exact) mass is 301 g/mol. The van der Waals surface area contributed by atoms with Crippen molar-refractivity contribution in [1.29, 1.82) is 0 Å². The predicted octanol–water partition coefficient (Wildman–Crippen LogP) is 3.14. The van der Waals surface area contributed by atoms with E-state index in [4.69, 9.17) is 4.74 Å². The summed E-state index contributed by atoms with van der Waals surface area (Å²) in [5.41, 5.74) is 1.09. The lowest BCUT2D eigenvalue weighted by Gasteiger charge is -2.23. The van der Waals surface area contributed by atoms with Gasteiger partial charge in [0.25, 0.3) is 0 Å². The minimum atomic E-state index is -0.268. The van der Waals surface area contributed by atoms with Gasteiger partial charge in [0.1, 0.15) is 11.6 Å². The Bertz CT molecular complexity index is 391. The molecule has 94 valence electrons. The van der Waals surface area contributed by atoms with Gasteiger partial charge in [0.05, 0.1) is 11.6 Å². The van der Waals surface area contributed by atoms with Crippen molar-refractivity contribution in [1.82, 2.24) is 5.32 Å². The highest BCUT2D eigenvalue weighted by Crippen LogP contribution is 2.33. The van der Waals surface area contributed by atoms with Gasteiger partial charge in [-0.2, -0.15) is 0 Å². The SMILES string of the molecule is COc1c(CC2CCNCC2)ccc(F)c1Br. The lowest BCUT2D eigenvalue weighted by atomic mass is 9.90. The molecule has 1 aliphatic heterocycles. The number of hydrogen-bond acceptors (Lipinski definition) is 2. The fourth-order valence-corrected chi connectivity index (χ4v) is 2.90. The van der Waals surface area contributed by atoms with Crippen LogP contribution in [-0.2, 0) is 6.42 Å². The number of hydrogen-bond donors (Lipinski definition) is 1. The third-order valence-electron chi connectivity index (χ3n) is 3.30. The third kappa shape index (κ3) is 2.99. The summed E-state index contributed by atoms with van der Waals surface area (Å²) in [7, 11) is 1.59.